The average molecular weight is 273 g/mol. The number of aromatic nitrogens is 2. The summed E-state index contributed by atoms with van der Waals surface area (Å²) in [5.74, 6) is -0.511. The monoisotopic (exact) mass is 273 g/mol. The number of hydrogen-bond acceptors (Lipinski definition) is 4. The zero-order chi connectivity index (χ0) is 14.4. The van der Waals surface area contributed by atoms with Gasteiger partial charge in [0.25, 0.3) is 0 Å². The average Bonchev–Trinajstić information content (AvgIpc) is 2.46. The van der Waals surface area contributed by atoms with Crippen LogP contribution in [0.3, 0.4) is 0 Å². The third-order valence-electron chi connectivity index (χ3n) is 2.94. The van der Waals surface area contributed by atoms with Crippen molar-refractivity contribution < 1.29 is 9.18 Å². The van der Waals surface area contributed by atoms with E-state index in [0.29, 0.717) is 18.7 Å². The van der Waals surface area contributed by atoms with E-state index in [9.17, 15) is 9.18 Å². The van der Waals surface area contributed by atoms with E-state index in [-0.39, 0.29) is 5.78 Å². The van der Waals surface area contributed by atoms with E-state index < -0.39 is 5.82 Å². The summed E-state index contributed by atoms with van der Waals surface area (Å²) < 4.78 is 12.7. The Hall–Kier alpha value is -2.14. The predicted octanol–water partition coefficient (Wildman–Crippen LogP) is 2.32. The Balaban J connectivity index is 1.82. The molecule has 104 valence electrons. The molecule has 0 unspecified atom stereocenters. The molecule has 0 saturated carbocycles. The zero-order valence-electron chi connectivity index (χ0n) is 11.3. The first-order chi connectivity index (χ1) is 9.65. The fourth-order valence-corrected chi connectivity index (χ4v) is 1.84. The summed E-state index contributed by atoms with van der Waals surface area (Å²) in [4.78, 5) is 21.7. The molecule has 5 heteroatoms. The normalized spacial score (nSPS) is 10.8. The highest BCUT2D eigenvalue weighted by Gasteiger charge is 2.09. The number of hydrogen-bond donors (Lipinski definition) is 0. The SMILES string of the molecule is CN(CCC(=O)c1ccc(F)cn1)Cc1ccncc1. The predicted molar refractivity (Wildman–Crippen MR) is 73.7 cm³/mol. The second-order valence-electron chi connectivity index (χ2n) is 4.63. The lowest BCUT2D eigenvalue weighted by Crippen LogP contribution is -2.21. The molecule has 2 rings (SSSR count). The Bertz CT molecular complexity index is 557. The molecular weight excluding hydrogens is 257 g/mol. The third kappa shape index (κ3) is 4.20. The second-order valence-corrected chi connectivity index (χ2v) is 4.63. The summed E-state index contributed by atoms with van der Waals surface area (Å²) in [6, 6.07) is 6.56. The molecule has 0 radical (unpaired) electrons. The topological polar surface area (TPSA) is 46.1 Å². The van der Waals surface area contributed by atoms with Crippen LogP contribution in [0.2, 0.25) is 0 Å². The van der Waals surface area contributed by atoms with Gasteiger partial charge in [-0.05, 0) is 36.9 Å². The summed E-state index contributed by atoms with van der Waals surface area (Å²) in [6.45, 7) is 1.38. The zero-order valence-corrected chi connectivity index (χ0v) is 11.3. The lowest BCUT2D eigenvalue weighted by atomic mass is 10.2. The quantitative estimate of drug-likeness (QED) is 0.758. The van der Waals surface area contributed by atoms with Gasteiger partial charge in [0, 0.05) is 31.9 Å². The molecule has 0 N–H and O–H groups in total. The number of halogens is 1. The van der Waals surface area contributed by atoms with Crippen molar-refractivity contribution >= 4 is 5.78 Å². The van der Waals surface area contributed by atoms with E-state index in [0.717, 1.165) is 18.3 Å². The van der Waals surface area contributed by atoms with Crippen LogP contribution in [-0.4, -0.2) is 34.2 Å². The minimum absolute atomic E-state index is 0.0772. The number of carbonyl (C=O) groups excluding carboxylic acids is 1. The van der Waals surface area contributed by atoms with Gasteiger partial charge in [0.15, 0.2) is 5.78 Å². The molecule has 0 amide bonds. The van der Waals surface area contributed by atoms with E-state index in [1.54, 1.807) is 12.4 Å². The van der Waals surface area contributed by atoms with Gasteiger partial charge >= 0.3 is 0 Å². The Kier molecular flexibility index (Phi) is 4.90. The maximum atomic E-state index is 12.7. The van der Waals surface area contributed by atoms with Crippen LogP contribution in [0, 0.1) is 5.82 Å². The number of pyridine rings is 2. The summed E-state index contributed by atoms with van der Waals surface area (Å²) >= 11 is 0. The molecule has 0 saturated heterocycles. The highest BCUT2D eigenvalue weighted by molar-refractivity contribution is 5.94. The molecule has 2 aromatic heterocycles. The lowest BCUT2D eigenvalue weighted by Gasteiger charge is -2.15. The number of nitrogens with zero attached hydrogens (tertiary/aromatic N) is 3. The molecule has 0 atom stereocenters. The summed E-state index contributed by atoms with van der Waals surface area (Å²) in [5, 5.41) is 0. The summed E-state index contributed by atoms with van der Waals surface area (Å²) in [7, 11) is 1.95. The molecule has 20 heavy (non-hydrogen) atoms. The number of carbonyl (C=O) groups is 1. The minimum Gasteiger partial charge on any atom is -0.302 e. The first-order valence-corrected chi connectivity index (χ1v) is 6.37. The molecular formula is C15H16FN3O. The molecule has 0 bridgehead atoms. The van der Waals surface area contributed by atoms with Crippen molar-refractivity contribution in [2.75, 3.05) is 13.6 Å². The lowest BCUT2D eigenvalue weighted by molar-refractivity contribution is 0.0963. The van der Waals surface area contributed by atoms with Crippen LogP contribution in [0.5, 0.6) is 0 Å². The van der Waals surface area contributed by atoms with Gasteiger partial charge in [-0.15, -0.1) is 0 Å². The molecule has 0 aliphatic heterocycles. The van der Waals surface area contributed by atoms with Crippen LogP contribution < -0.4 is 0 Å². The first-order valence-electron chi connectivity index (χ1n) is 6.37. The molecule has 0 fully saturated rings. The maximum Gasteiger partial charge on any atom is 0.182 e. The summed E-state index contributed by atoms with van der Waals surface area (Å²) in [5.41, 5.74) is 1.46. The van der Waals surface area contributed by atoms with Crippen LogP contribution in [0.1, 0.15) is 22.5 Å². The van der Waals surface area contributed by atoms with Gasteiger partial charge in [0.1, 0.15) is 11.5 Å². The number of rotatable bonds is 6. The van der Waals surface area contributed by atoms with Gasteiger partial charge in [-0.25, -0.2) is 4.39 Å². The van der Waals surface area contributed by atoms with Crippen molar-refractivity contribution in [1.29, 1.82) is 0 Å². The van der Waals surface area contributed by atoms with Crippen molar-refractivity contribution in [3.8, 4) is 0 Å². The summed E-state index contributed by atoms with van der Waals surface area (Å²) in [6.07, 6.45) is 4.92. The van der Waals surface area contributed by atoms with E-state index in [4.69, 9.17) is 0 Å². The Morgan fingerprint density at radius 2 is 2.00 bits per heavy atom. The van der Waals surface area contributed by atoms with Crippen molar-refractivity contribution in [2.24, 2.45) is 0 Å². The third-order valence-corrected chi connectivity index (χ3v) is 2.94. The van der Waals surface area contributed by atoms with Crippen LogP contribution in [0.25, 0.3) is 0 Å². The molecule has 2 aromatic rings. The van der Waals surface area contributed by atoms with Gasteiger partial charge in [-0.3, -0.25) is 14.8 Å². The van der Waals surface area contributed by atoms with Gasteiger partial charge < -0.3 is 4.90 Å². The molecule has 0 aliphatic carbocycles. The Morgan fingerprint density at radius 3 is 2.65 bits per heavy atom. The fraction of sp³-hybridized carbons (Fsp3) is 0.267. The van der Waals surface area contributed by atoms with Crippen molar-refractivity contribution in [2.45, 2.75) is 13.0 Å². The van der Waals surface area contributed by atoms with Gasteiger partial charge in [0.2, 0.25) is 0 Å². The van der Waals surface area contributed by atoms with Gasteiger partial charge in [0.05, 0.1) is 6.20 Å². The van der Waals surface area contributed by atoms with Crippen molar-refractivity contribution in [3.63, 3.8) is 0 Å². The highest BCUT2D eigenvalue weighted by atomic mass is 19.1. The highest BCUT2D eigenvalue weighted by Crippen LogP contribution is 2.05. The van der Waals surface area contributed by atoms with Crippen molar-refractivity contribution in [3.05, 3.63) is 59.9 Å². The molecule has 2 heterocycles. The van der Waals surface area contributed by atoms with Crippen molar-refractivity contribution in [1.82, 2.24) is 14.9 Å². The van der Waals surface area contributed by atoms with Gasteiger partial charge in [-0.1, -0.05) is 0 Å². The van der Waals surface area contributed by atoms with Crippen LogP contribution in [0.4, 0.5) is 4.39 Å². The minimum atomic E-state index is -0.434. The number of Topliss-reactive ketones (excluding diaryl/α,β-unsaturated/α-hetero) is 1. The number of ketones is 1. The van der Waals surface area contributed by atoms with E-state index in [1.165, 1.54) is 12.1 Å². The molecule has 0 aromatic carbocycles. The largest absolute Gasteiger partial charge is 0.302 e. The van der Waals surface area contributed by atoms with Crippen LogP contribution in [-0.2, 0) is 6.54 Å². The van der Waals surface area contributed by atoms with Crippen LogP contribution in [0.15, 0.2) is 42.9 Å². The van der Waals surface area contributed by atoms with E-state index in [2.05, 4.69) is 14.9 Å². The fourth-order valence-electron chi connectivity index (χ4n) is 1.84. The van der Waals surface area contributed by atoms with Crippen LogP contribution >= 0.6 is 0 Å². The smallest absolute Gasteiger partial charge is 0.182 e. The Morgan fingerprint density at radius 1 is 1.25 bits per heavy atom. The van der Waals surface area contributed by atoms with Gasteiger partial charge in [-0.2, -0.15) is 0 Å². The second kappa shape index (κ2) is 6.86. The van der Waals surface area contributed by atoms with E-state index >= 15 is 0 Å². The molecule has 4 nitrogen and oxygen atoms in total. The van der Waals surface area contributed by atoms with E-state index in [1.807, 2.05) is 19.2 Å². The molecule has 0 aliphatic rings. The molecule has 0 spiro atoms. The standard InChI is InChI=1S/C15H16FN3O/c1-19(11-12-4-7-17-8-5-12)9-6-15(20)14-3-2-13(16)10-18-14/h2-5,7-8,10H,6,9,11H2,1H3. The maximum absolute atomic E-state index is 12.7. The first kappa shape index (κ1) is 14.3. The Labute approximate surface area is 117 Å².